The second-order valence-electron chi connectivity index (χ2n) is 3.83. The van der Waals surface area contributed by atoms with Crippen molar-refractivity contribution in [3.63, 3.8) is 0 Å². The van der Waals surface area contributed by atoms with Gasteiger partial charge in [0.05, 0.1) is 0 Å². The molecular weight excluding hydrogens is 214 g/mol. The molecule has 1 aromatic heterocycles. The third-order valence-electron chi connectivity index (χ3n) is 1.79. The summed E-state index contributed by atoms with van der Waals surface area (Å²) in [5.41, 5.74) is 1.69. The molecule has 0 atom stereocenters. The Labute approximate surface area is 82.3 Å². The molecule has 0 radical (unpaired) electrons. The van der Waals surface area contributed by atoms with Crippen LogP contribution in [0.5, 0.6) is 0 Å². The minimum atomic E-state index is 0.335. The Hall–Kier alpha value is -0.370. The molecule has 0 aliphatic heterocycles. The topological polar surface area (TPSA) is 12.9 Å². The first kappa shape index (κ1) is 9.72. The first-order chi connectivity index (χ1) is 5.64. The first-order valence-electron chi connectivity index (χ1n) is 4.09. The van der Waals surface area contributed by atoms with Crippen LogP contribution in [-0.2, 0) is 6.42 Å². The van der Waals surface area contributed by atoms with E-state index in [9.17, 15) is 0 Å². The molecule has 0 aliphatic carbocycles. The van der Waals surface area contributed by atoms with Gasteiger partial charge in [-0.15, -0.1) is 0 Å². The monoisotopic (exact) mass is 227 g/mol. The van der Waals surface area contributed by atoms with Gasteiger partial charge in [-0.3, -0.25) is 4.98 Å². The molecule has 1 rings (SSSR count). The van der Waals surface area contributed by atoms with Crippen molar-refractivity contribution in [2.24, 2.45) is 5.41 Å². The van der Waals surface area contributed by atoms with E-state index in [0.717, 1.165) is 11.8 Å². The number of pyridine rings is 1. The molecule has 0 saturated heterocycles. The molecule has 1 aromatic rings. The van der Waals surface area contributed by atoms with Crippen molar-refractivity contribution in [3.8, 4) is 0 Å². The Balaban J connectivity index is 2.64. The molecule has 12 heavy (non-hydrogen) atoms. The predicted molar refractivity (Wildman–Crippen MR) is 55.5 cm³/mol. The summed E-state index contributed by atoms with van der Waals surface area (Å²) in [5, 5.41) is 1.03. The molecule has 66 valence electrons. The molecule has 0 fully saturated rings. The lowest BCUT2D eigenvalue weighted by molar-refractivity contribution is 0.425. The van der Waals surface area contributed by atoms with Crippen LogP contribution in [0.3, 0.4) is 0 Å². The molecule has 1 nitrogen and oxygen atoms in total. The summed E-state index contributed by atoms with van der Waals surface area (Å²) in [4.78, 5) is 3.99. The summed E-state index contributed by atoms with van der Waals surface area (Å²) >= 11 is 3.51. The highest BCUT2D eigenvalue weighted by Gasteiger charge is 2.16. The highest BCUT2D eigenvalue weighted by atomic mass is 79.9. The van der Waals surface area contributed by atoms with Crippen LogP contribution in [0.25, 0.3) is 0 Å². The maximum absolute atomic E-state index is 3.99. The van der Waals surface area contributed by atoms with E-state index in [-0.39, 0.29) is 0 Å². The van der Waals surface area contributed by atoms with Gasteiger partial charge in [0.1, 0.15) is 0 Å². The fraction of sp³-hybridized carbons (Fsp3) is 0.500. The lowest BCUT2D eigenvalue weighted by Crippen LogP contribution is -2.16. The average molecular weight is 228 g/mol. The van der Waals surface area contributed by atoms with Gasteiger partial charge in [-0.2, -0.15) is 0 Å². The van der Waals surface area contributed by atoms with Gasteiger partial charge in [0, 0.05) is 17.7 Å². The first-order valence-corrected chi connectivity index (χ1v) is 5.21. The van der Waals surface area contributed by atoms with Gasteiger partial charge in [0.15, 0.2) is 0 Å². The number of nitrogens with zero attached hydrogens (tertiary/aromatic N) is 1. The summed E-state index contributed by atoms with van der Waals surface area (Å²) in [5.74, 6) is 0. The summed E-state index contributed by atoms with van der Waals surface area (Å²) in [6.07, 6.45) is 4.79. The van der Waals surface area contributed by atoms with Crippen LogP contribution in [0.4, 0.5) is 0 Å². The van der Waals surface area contributed by atoms with Gasteiger partial charge in [0.2, 0.25) is 0 Å². The SMILES string of the molecule is CC(C)(CBr)Cc1ccncc1. The molecule has 0 aromatic carbocycles. The quantitative estimate of drug-likeness (QED) is 0.724. The Bertz CT molecular complexity index is 231. The van der Waals surface area contributed by atoms with Gasteiger partial charge in [-0.25, -0.2) is 0 Å². The molecule has 0 amide bonds. The number of hydrogen-bond donors (Lipinski definition) is 0. The van der Waals surface area contributed by atoms with Crippen molar-refractivity contribution in [2.75, 3.05) is 5.33 Å². The molecule has 0 spiro atoms. The van der Waals surface area contributed by atoms with Crippen LogP contribution in [-0.4, -0.2) is 10.3 Å². The van der Waals surface area contributed by atoms with Gasteiger partial charge in [-0.05, 0) is 29.5 Å². The van der Waals surface area contributed by atoms with E-state index in [1.54, 1.807) is 0 Å². The minimum Gasteiger partial charge on any atom is -0.265 e. The Morgan fingerprint density at radius 1 is 1.33 bits per heavy atom. The zero-order chi connectivity index (χ0) is 9.03. The zero-order valence-corrected chi connectivity index (χ0v) is 9.13. The molecule has 0 unspecified atom stereocenters. The fourth-order valence-corrected chi connectivity index (χ4v) is 1.30. The Morgan fingerprint density at radius 3 is 2.42 bits per heavy atom. The lowest BCUT2D eigenvalue weighted by atomic mass is 9.88. The van der Waals surface area contributed by atoms with E-state index in [4.69, 9.17) is 0 Å². The van der Waals surface area contributed by atoms with Gasteiger partial charge in [0.25, 0.3) is 0 Å². The van der Waals surface area contributed by atoms with Gasteiger partial charge < -0.3 is 0 Å². The van der Waals surface area contributed by atoms with E-state index in [1.165, 1.54) is 5.56 Å². The molecule has 1 heterocycles. The number of alkyl halides is 1. The fourth-order valence-electron chi connectivity index (χ4n) is 1.10. The summed E-state index contributed by atoms with van der Waals surface area (Å²) in [6, 6.07) is 4.15. The number of aromatic nitrogens is 1. The predicted octanol–water partition coefficient (Wildman–Crippen LogP) is 3.05. The summed E-state index contributed by atoms with van der Waals surface area (Å²) < 4.78 is 0. The lowest BCUT2D eigenvalue weighted by Gasteiger charge is -2.21. The van der Waals surface area contributed by atoms with Crippen LogP contribution < -0.4 is 0 Å². The largest absolute Gasteiger partial charge is 0.265 e. The highest BCUT2D eigenvalue weighted by Crippen LogP contribution is 2.23. The van der Waals surface area contributed by atoms with Crippen molar-refractivity contribution in [1.29, 1.82) is 0 Å². The molecule has 2 heteroatoms. The molecule has 0 aliphatic rings. The van der Waals surface area contributed by atoms with E-state index in [2.05, 4.69) is 46.9 Å². The second-order valence-corrected chi connectivity index (χ2v) is 4.39. The maximum Gasteiger partial charge on any atom is 0.0270 e. The minimum absolute atomic E-state index is 0.335. The standard InChI is InChI=1S/C10H14BrN/c1-10(2,8-11)7-9-3-5-12-6-4-9/h3-6H,7-8H2,1-2H3. The van der Waals surface area contributed by atoms with Crippen molar-refractivity contribution in [1.82, 2.24) is 4.98 Å². The van der Waals surface area contributed by atoms with Crippen LogP contribution in [0.2, 0.25) is 0 Å². The van der Waals surface area contributed by atoms with Gasteiger partial charge >= 0.3 is 0 Å². The Kier molecular flexibility index (Phi) is 3.27. The van der Waals surface area contributed by atoms with E-state index in [1.807, 2.05) is 12.4 Å². The third kappa shape index (κ3) is 2.94. The average Bonchev–Trinajstić information content (AvgIpc) is 2.06. The van der Waals surface area contributed by atoms with E-state index in [0.29, 0.717) is 5.41 Å². The second kappa shape index (κ2) is 4.04. The van der Waals surface area contributed by atoms with Crippen LogP contribution >= 0.6 is 15.9 Å². The van der Waals surface area contributed by atoms with Crippen LogP contribution in [0.1, 0.15) is 19.4 Å². The summed E-state index contributed by atoms with van der Waals surface area (Å²) in [6.45, 7) is 4.50. The Morgan fingerprint density at radius 2 is 1.92 bits per heavy atom. The van der Waals surface area contributed by atoms with Crippen molar-refractivity contribution < 1.29 is 0 Å². The van der Waals surface area contributed by atoms with Crippen molar-refractivity contribution in [3.05, 3.63) is 30.1 Å². The van der Waals surface area contributed by atoms with Crippen molar-refractivity contribution in [2.45, 2.75) is 20.3 Å². The number of halogens is 1. The highest BCUT2D eigenvalue weighted by molar-refractivity contribution is 9.09. The van der Waals surface area contributed by atoms with Gasteiger partial charge in [-0.1, -0.05) is 29.8 Å². The molecular formula is C10H14BrN. The van der Waals surface area contributed by atoms with E-state index >= 15 is 0 Å². The molecule has 0 saturated carbocycles. The molecule has 0 N–H and O–H groups in total. The molecule has 0 bridgehead atoms. The van der Waals surface area contributed by atoms with Crippen LogP contribution in [0.15, 0.2) is 24.5 Å². The normalized spacial score (nSPS) is 11.6. The zero-order valence-electron chi connectivity index (χ0n) is 7.55. The van der Waals surface area contributed by atoms with Crippen molar-refractivity contribution >= 4 is 15.9 Å². The van der Waals surface area contributed by atoms with Crippen LogP contribution in [0, 0.1) is 5.41 Å². The number of rotatable bonds is 3. The maximum atomic E-state index is 3.99. The third-order valence-corrected chi connectivity index (χ3v) is 3.31. The number of hydrogen-bond acceptors (Lipinski definition) is 1. The van der Waals surface area contributed by atoms with E-state index < -0.39 is 0 Å². The summed E-state index contributed by atoms with van der Waals surface area (Å²) in [7, 11) is 0. The smallest absolute Gasteiger partial charge is 0.0270 e.